The highest BCUT2D eigenvalue weighted by molar-refractivity contribution is 6.34. The Morgan fingerprint density at radius 3 is 2.94 bits per heavy atom. The Labute approximate surface area is 105 Å². The van der Waals surface area contributed by atoms with Crippen LogP contribution >= 0.6 is 11.6 Å². The third-order valence-corrected chi connectivity index (χ3v) is 3.18. The smallest absolute Gasteiger partial charge is 0.228 e. The molecule has 3 nitrogen and oxygen atoms in total. The molecule has 17 heavy (non-hydrogen) atoms. The average molecular weight is 250 g/mol. The van der Waals surface area contributed by atoms with E-state index in [4.69, 9.17) is 18.0 Å². The molecule has 0 saturated carbocycles. The van der Waals surface area contributed by atoms with Gasteiger partial charge in [-0.05, 0) is 6.07 Å². The van der Waals surface area contributed by atoms with Crippen LogP contribution in [-0.2, 0) is 11.4 Å². The number of hydrogen-bond donors (Lipinski definition) is 1. The van der Waals surface area contributed by atoms with Crippen molar-refractivity contribution < 1.29 is 9.90 Å². The van der Waals surface area contributed by atoms with Gasteiger partial charge in [-0.2, -0.15) is 0 Å². The Hall–Kier alpha value is -1.50. The molecule has 0 bridgehead atoms. The summed E-state index contributed by atoms with van der Waals surface area (Å²) in [5.74, 6) is 2.46. The number of halogens is 1. The number of carbonyl (C=O) groups is 1. The van der Waals surface area contributed by atoms with Gasteiger partial charge in [0.25, 0.3) is 0 Å². The second kappa shape index (κ2) is 4.79. The lowest BCUT2D eigenvalue weighted by molar-refractivity contribution is -0.117. The largest absolute Gasteiger partial charge is 0.392 e. The van der Waals surface area contributed by atoms with E-state index in [1.54, 1.807) is 23.1 Å². The number of aliphatic hydroxyl groups is 1. The highest BCUT2D eigenvalue weighted by Gasteiger charge is 2.31. The number of rotatable bonds is 2. The summed E-state index contributed by atoms with van der Waals surface area (Å²) in [7, 11) is 0. The van der Waals surface area contributed by atoms with Crippen molar-refractivity contribution in [3.63, 3.8) is 0 Å². The molecule has 0 radical (unpaired) electrons. The van der Waals surface area contributed by atoms with Crippen LogP contribution in [0, 0.1) is 18.3 Å². The van der Waals surface area contributed by atoms with E-state index < -0.39 is 0 Å². The fraction of sp³-hybridized carbons (Fsp3) is 0.308. The first-order chi connectivity index (χ1) is 8.17. The number of nitrogens with zero attached hydrogens (tertiary/aromatic N) is 1. The van der Waals surface area contributed by atoms with Crippen LogP contribution in [0.5, 0.6) is 0 Å². The molecule has 4 heteroatoms. The topological polar surface area (TPSA) is 40.5 Å². The van der Waals surface area contributed by atoms with Crippen molar-refractivity contribution >= 4 is 23.2 Å². The van der Waals surface area contributed by atoms with E-state index in [1.165, 1.54) is 0 Å². The Morgan fingerprint density at radius 1 is 1.59 bits per heavy atom. The molecule has 2 rings (SSSR count). The zero-order chi connectivity index (χ0) is 12.4. The monoisotopic (exact) mass is 249 g/mol. The van der Waals surface area contributed by atoms with Gasteiger partial charge in [0.15, 0.2) is 0 Å². The van der Waals surface area contributed by atoms with Gasteiger partial charge in [-0.3, -0.25) is 4.79 Å². The molecule has 1 aliphatic rings. The number of aliphatic hydroxyl groups excluding tert-OH is 1. The Kier molecular flexibility index (Phi) is 3.37. The van der Waals surface area contributed by atoms with Crippen molar-refractivity contribution in [3.05, 3.63) is 28.8 Å². The van der Waals surface area contributed by atoms with E-state index in [0.717, 1.165) is 0 Å². The van der Waals surface area contributed by atoms with E-state index in [-0.39, 0.29) is 18.4 Å². The van der Waals surface area contributed by atoms with Gasteiger partial charge < -0.3 is 10.0 Å². The van der Waals surface area contributed by atoms with Crippen LogP contribution in [0.15, 0.2) is 18.2 Å². The first-order valence-electron chi connectivity index (χ1n) is 5.32. The standard InChI is InChI=1S/C13H12ClNO2/c1-2-9-6-12(17)15(7-9)13-10(8-16)4-3-5-11(13)14/h1,3-5,9,16H,6-8H2. The van der Waals surface area contributed by atoms with E-state index in [9.17, 15) is 9.90 Å². The minimum atomic E-state index is -0.152. The van der Waals surface area contributed by atoms with Crippen molar-refractivity contribution in [3.8, 4) is 12.3 Å². The summed E-state index contributed by atoms with van der Waals surface area (Å²) in [6, 6.07) is 5.20. The summed E-state index contributed by atoms with van der Waals surface area (Å²) in [6.45, 7) is 0.312. The van der Waals surface area contributed by atoms with E-state index in [2.05, 4.69) is 5.92 Å². The third kappa shape index (κ3) is 2.14. The van der Waals surface area contributed by atoms with Gasteiger partial charge >= 0.3 is 0 Å². The quantitative estimate of drug-likeness (QED) is 0.813. The second-order valence-corrected chi connectivity index (χ2v) is 4.38. The normalized spacial score (nSPS) is 19.5. The van der Waals surface area contributed by atoms with Crippen LogP contribution in [0.2, 0.25) is 5.02 Å². The zero-order valence-corrected chi connectivity index (χ0v) is 9.94. The Bertz CT molecular complexity index is 493. The van der Waals surface area contributed by atoms with E-state index >= 15 is 0 Å². The van der Waals surface area contributed by atoms with Gasteiger partial charge in [-0.25, -0.2) is 0 Å². The zero-order valence-electron chi connectivity index (χ0n) is 9.19. The molecule has 1 aliphatic heterocycles. The Balaban J connectivity index is 2.41. The van der Waals surface area contributed by atoms with E-state index in [1.807, 2.05) is 0 Å². The lowest BCUT2D eigenvalue weighted by atomic mass is 10.1. The summed E-state index contributed by atoms with van der Waals surface area (Å²) in [5.41, 5.74) is 1.22. The van der Waals surface area contributed by atoms with Crippen LogP contribution in [0.1, 0.15) is 12.0 Å². The number of anilines is 1. The van der Waals surface area contributed by atoms with Gasteiger partial charge in [-0.1, -0.05) is 23.7 Å². The molecule has 0 aliphatic carbocycles. The number of para-hydroxylation sites is 1. The molecule has 1 fully saturated rings. The Morgan fingerprint density at radius 2 is 2.35 bits per heavy atom. The second-order valence-electron chi connectivity index (χ2n) is 3.98. The molecular weight excluding hydrogens is 238 g/mol. The van der Waals surface area contributed by atoms with Crippen molar-refractivity contribution in [2.24, 2.45) is 5.92 Å². The summed E-state index contributed by atoms with van der Waals surface area (Å²) in [4.78, 5) is 13.4. The molecule has 1 aromatic carbocycles. The van der Waals surface area contributed by atoms with E-state index in [0.29, 0.717) is 29.2 Å². The van der Waals surface area contributed by atoms with Crippen molar-refractivity contribution in [1.29, 1.82) is 0 Å². The minimum Gasteiger partial charge on any atom is -0.392 e. The summed E-state index contributed by atoms with van der Waals surface area (Å²) in [5, 5.41) is 9.74. The van der Waals surface area contributed by atoms with Crippen molar-refractivity contribution in [1.82, 2.24) is 0 Å². The molecule has 1 amide bonds. The summed E-state index contributed by atoms with van der Waals surface area (Å²) < 4.78 is 0. The maximum absolute atomic E-state index is 11.9. The summed E-state index contributed by atoms with van der Waals surface area (Å²) >= 11 is 6.09. The number of amides is 1. The fourth-order valence-electron chi connectivity index (χ4n) is 2.03. The van der Waals surface area contributed by atoms with Gasteiger partial charge in [0.2, 0.25) is 5.91 Å². The van der Waals surface area contributed by atoms with Crippen molar-refractivity contribution in [2.75, 3.05) is 11.4 Å². The molecule has 1 aromatic rings. The van der Waals surface area contributed by atoms with Gasteiger partial charge in [-0.15, -0.1) is 12.3 Å². The van der Waals surface area contributed by atoms with Gasteiger partial charge in [0.05, 0.1) is 17.3 Å². The third-order valence-electron chi connectivity index (χ3n) is 2.87. The lowest BCUT2D eigenvalue weighted by Gasteiger charge is -2.20. The van der Waals surface area contributed by atoms with Gasteiger partial charge in [0, 0.05) is 24.4 Å². The van der Waals surface area contributed by atoms with Crippen LogP contribution in [0.4, 0.5) is 5.69 Å². The average Bonchev–Trinajstić information content (AvgIpc) is 2.70. The van der Waals surface area contributed by atoms with Gasteiger partial charge in [0.1, 0.15) is 0 Å². The number of carbonyl (C=O) groups excluding carboxylic acids is 1. The first-order valence-corrected chi connectivity index (χ1v) is 5.70. The molecule has 1 atom stereocenters. The highest BCUT2D eigenvalue weighted by atomic mass is 35.5. The SMILES string of the molecule is C#CC1CC(=O)N(c2c(Cl)cccc2CO)C1. The first kappa shape index (κ1) is 12.0. The minimum absolute atomic E-state index is 0.0456. The highest BCUT2D eigenvalue weighted by Crippen LogP contribution is 2.34. The molecule has 1 N–H and O–H groups in total. The number of benzene rings is 1. The van der Waals surface area contributed by atoms with Crippen LogP contribution < -0.4 is 4.90 Å². The molecule has 1 unspecified atom stereocenters. The maximum atomic E-state index is 11.9. The molecule has 88 valence electrons. The predicted octanol–water partition coefficient (Wildman–Crippen LogP) is 1.82. The molecule has 0 aromatic heterocycles. The number of hydrogen-bond acceptors (Lipinski definition) is 2. The van der Waals surface area contributed by atoms with Crippen LogP contribution in [0.3, 0.4) is 0 Å². The molecule has 0 spiro atoms. The maximum Gasteiger partial charge on any atom is 0.228 e. The van der Waals surface area contributed by atoms with Crippen LogP contribution in [0.25, 0.3) is 0 Å². The van der Waals surface area contributed by atoms with Crippen molar-refractivity contribution in [2.45, 2.75) is 13.0 Å². The number of terminal acetylenes is 1. The van der Waals surface area contributed by atoms with Crippen LogP contribution in [-0.4, -0.2) is 17.6 Å². The molecule has 1 saturated heterocycles. The molecule has 1 heterocycles. The fourth-order valence-corrected chi connectivity index (χ4v) is 2.32. The summed E-state index contributed by atoms with van der Waals surface area (Å²) in [6.07, 6.45) is 5.67. The molecular formula is C13H12ClNO2. The lowest BCUT2D eigenvalue weighted by Crippen LogP contribution is -2.26. The predicted molar refractivity (Wildman–Crippen MR) is 66.7 cm³/mol.